The zero-order chi connectivity index (χ0) is 13.9. The Hall–Kier alpha value is -2.16. The number of hydrogen-bond donors (Lipinski definition) is 1. The molecule has 1 fully saturated rings. The quantitative estimate of drug-likeness (QED) is 0.849. The summed E-state index contributed by atoms with van der Waals surface area (Å²) in [6.07, 6.45) is 0. The fraction of sp³-hybridized carbons (Fsp3) is 0.294. The van der Waals surface area contributed by atoms with Gasteiger partial charge in [-0.05, 0) is 36.8 Å². The van der Waals surface area contributed by atoms with Gasteiger partial charge in [0.05, 0.1) is 0 Å². The molecule has 1 saturated heterocycles. The largest absolute Gasteiger partial charge is 0.398 e. The van der Waals surface area contributed by atoms with Crippen LogP contribution < -0.4 is 15.5 Å². The van der Waals surface area contributed by atoms with Gasteiger partial charge in [-0.15, -0.1) is 0 Å². The molecule has 2 aromatic carbocycles. The standard InChI is InChI=1S/C17H21N3/c1-14-16(18)8-5-9-17(14)20-12-10-19(11-13-20)15-6-3-2-4-7-15/h2-9H,10-13,18H2,1H3. The minimum atomic E-state index is 0.882. The van der Waals surface area contributed by atoms with Gasteiger partial charge in [0, 0.05) is 43.2 Å². The number of hydrogen-bond acceptors (Lipinski definition) is 3. The first-order chi connectivity index (χ1) is 9.75. The van der Waals surface area contributed by atoms with Gasteiger partial charge in [0.25, 0.3) is 0 Å². The Morgan fingerprint density at radius 1 is 0.800 bits per heavy atom. The first-order valence-electron chi connectivity index (χ1n) is 7.16. The molecule has 0 aliphatic carbocycles. The number of nitrogen functional groups attached to an aromatic ring is 1. The molecule has 3 rings (SSSR count). The minimum absolute atomic E-state index is 0.882. The van der Waals surface area contributed by atoms with E-state index >= 15 is 0 Å². The van der Waals surface area contributed by atoms with E-state index in [9.17, 15) is 0 Å². The van der Waals surface area contributed by atoms with Crippen LogP contribution in [0.1, 0.15) is 5.56 Å². The number of benzene rings is 2. The fourth-order valence-corrected chi connectivity index (χ4v) is 2.83. The summed E-state index contributed by atoms with van der Waals surface area (Å²) in [6.45, 7) is 6.29. The van der Waals surface area contributed by atoms with Crippen LogP contribution in [-0.4, -0.2) is 26.2 Å². The molecule has 20 heavy (non-hydrogen) atoms. The van der Waals surface area contributed by atoms with Crippen LogP contribution >= 0.6 is 0 Å². The van der Waals surface area contributed by atoms with E-state index in [4.69, 9.17) is 5.73 Å². The smallest absolute Gasteiger partial charge is 0.0417 e. The molecule has 3 heteroatoms. The number of nitrogens with zero attached hydrogens (tertiary/aromatic N) is 2. The highest BCUT2D eigenvalue weighted by atomic mass is 15.3. The lowest BCUT2D eigenvalue weighted by Gasteiger charge is -2.38. The van der Waals surface area contributed by atoms with Crippen molar-refractivity contribution in [3.63, 3.8) is 0 Å². The summed E-state index contributed by atoms with van der Waals surface area (Å²) in [7, 11) is 0. The maximum atomic E-state index is 6.01. The van der Waals surface area contributed by atoms with Gasteiger partial charge in [0.2, 0.25) is 0 Å². The van der Waals surface area contributed by atoms with Gasteiger partial charge in [-0.1, -0.05) is 24.3 Å². The second-order valence-electron chi connectivity index (χ2n) is 5.30. The van der Waals surface area contributed by atoms with Gasteiger partial charge < -0.3 is 15.5 Å². The zero-order valence-corrected chi connectivity index (χ0v) is 11.9. The third kappa shape index (κ3) is 2.44. The third-order valence-electron chi connectivity index (χ3n) is 4.09. The van der Waals surface area contributed by atoms with E-state index in [0.29, 0.717) is 0 Å². The molecule has 3 nitrogen and oxygen atoms in total. The van der Waals surface area contributed by atoms with Gasteiger partial charge in [-0.3, -0.25) is 0 Å². The normalized spacial score (nSPS) is 15.4. The van der Waals surface area contributed by atoms with Crippen LogP contribution in [0.3, 0.4) is 0 Å². The molecule has 0 unspecified atom stereocenters. The van der Waals surface area contributed by atoms with Crippen LogP contribution in [-0.2, 0) is 0 Å². The van der Waals surface area contributed by atoms with E-state index in [1.165, 1.54) is 16.9 Å². The Morgan fingerprint density at radius 2 is 1.45 bits per heavy atom. The Morgan fingerprint density at radius 3 is 2.15 bits per heavy atom. The lowest BCUT2D eigenvalue weighted by molar-refractivity contribution is 0.652. The highest BCUT2D eigenvalue weighted by molar-refractivity contribution is 5.64. The summed E-state index contributed by atoms with van der Waals surface area (Å²) >= 11 is 0. The molecule has 2 aromatic rings. The summed E-state index contributed by atoms with van der Waals surface area (Å²) in [6, 6.07) is 16.8. The highest BCUT2D eigenvalue weighted by Gasteiger charge is 2.18. The summed E-state index contributed by atoms with van der Waals surface area (Å²) in [5, 5.41) is 0. The molecule has 0 saturated carbocycles. The molecule has 1 aliphatic rings. The zero-order valence-electron chi connectivity index (χ0n) is 11.9. The summed E-state index contributed by atoms with van der Waals surface area (Å²) < 4.78 is 0. The molecular weight excluding hydrogens is 246 g/mol. The van der Waals surface area contributed by atoms with Crippen LogP contribution in [0.25, 0.3) is 0 Å². The monoisotopic (exact) mass is 267 g/mol. The van der Waals surface area contributed by atoms with Crippen molar-refractivity contribution in [2.24, 2.45) is 0 Å². The molecule has 0 aromatic heterocycles. The van der Waals surface area contributed by atoms with Gasteiger partial charge in [0.1, 0.15) is 0 Å². The van der Waals surface area contributed by atoms with E-state index in [-0.39, 0.29) is 0 Å². The fourth-order valence-electron chi connectivity index (χ4n) is 2.83. The second kappa shape index (κ2) is 5.45. The minimum Gasteiger partial charge on any atom is -0.398 e. The van der Waals surface area contributed by atoms with Gasteiger partial charge in [-0.25, -0.2) is 0 Å². The molecule has 0 spiro atoms. The van der Waals surface area contributed by atoms with Crippen molar-refractivity contribution in [1.29, 1.82) is 0 Å². The highest BCUT2D eigenvalue weighted by Crippen LogP contribution is 2.26. The average Bonchev–Trinajstić information content (AvgIpc) is 2.51. The molecule has 0 amide bonds. The maximum Gasteiger partial charge on any atom is 0.0417 e. The number of para-hydroxylation sites is 1. The van der Waals surface area contributed by atoms with Crippen LogP contribution in [0, 0.1) is 6.92 Å². The van der Waals surface area contributed by atoms with Crippen molar-refractivity contribution in [3.05, 3.63) is 54.1 Å². The summed E-state index contributed by atoms with van der Waals surface area (Å²) in [4.78, 5) is 4.88. The van der Waals surface area contributed by atoms with Crippen molar-refractivity contribution in [2.45, 2.75) is 6.92 Å². The summed E-state index contributed by atoms with van der Waals surface area (Å²) in [5.74, 6) is 0. The second-order valence-corrected chi connectivity index (χ2v) is 5.30. The van der Waals surface area contributed by atoms with E-state index in [1.807, 2.05) is 12.1 Å². The molecule has 1 heterocycles. The van der Waals surface area contributed by atoms with Crippen LogP contribution in [0.2, 0.25) is 0 Å². The lowest BCUT2D eigenvalue weighted by Crippen LogP contribution is -2.46. The molecular formula is C17H21N3. The van der Waals surface area contributed by atoms with Crippen molar-refractivity contribution in [2.75, 3.05) is 41.7 Å². The molecule has 0 radical (unpaired) electrons. The first-order valence-corrected chi connectivity index (χ1v) is 7.16. The van der Waals surface area contributed by atoms with Crippen molar-refractivity contribution >= 4 is 17.1 Å². The third-order valence-corrected chi connectivity index (χ3v) is 4.09. The molecule has 104 valence electrons. The Balaban J connectivity index is 1.71. The van der Waals surface area contributed by atoms with Crippen LogP contribution in [0.5, 0.6) is 0 Å². The molecule has 2 N–H and O–H groups in total. The number of anilines is 3. The summed E-state index contributed by atoms with van der Waals surface area (Å²) in [5.41, 5.74) is 10.7. The Kier molecular flexibility index (Phi) is 3.50. The molecule has 1 aliphatic heterocycles. The van der Waals surface area contributed by atoms with E-state index in [2.05, 4.69) is 53.1 Å². The van der Waals surface area contributed by atoms with Gasteiger partial charge in [-0.2, -0.15) is 0 Å². The van der Waals surface area contributed by atoms with Crippen LogP contribution in [0.4, 0.5) is 17.1 Å². The van der Waals surface area contributed by atoms with Crippen molar-refractivity contribution in [3.8, 4) is 0 Å². The van der Waals surface area contributed by atoms with Crippen molar-refractivity contribution < 1.29 is 0 Å². The topological polar surface area (TPSA) is 32.5 Å². The van der Waals surface area contributed by atoms with E-state index < -0.39 is 0 Å². The van der Waals surface area contributed by atoms with E-state index in [0.717, 1.165) is 31.9 Å². The SMILES string of the molecule is Cc1c(N)cccc1N1CCN(c2ccccc2)CC1. The predicted molar refractivity (Wildman–Crippen MR) is 86.5 cm³/mol. The lowest BCUT2D eigenvalue weighted by atomic mass is 10.1. The Bertz CT molecular complexity index is 572. The number of piperazine rings is 1. The predicted octanol–water partition coefficient (Wildman–Crippen LogP) is 2.90. The molecule has 0 atom stereocenters. The number of nitrogens with two attached hydrogens (primary N) is 1. The first kappa shape index (κ1) is 12.9. The molecule has 0 bridgehead atoms. The van der Waals surface area contributed by atoms with Gasteiger partial charge >= 0.3 is 0 Å². The average molecular weight is 267 g/mol. The van der Waals surface area contributed by atoms with Gasteiger partial charge in [0.15, 0.2) is 0 Å². The number of rotatable bonds is 2. The van der Waals surface area contributed by atoms with E-state index in [1.54, 1.807) is 0 Å². The van der Waals surface area contributed by atoms with Crippen LogP contribution in [0.15, 0.2) is 48.5 Å². The Labute approximate surface area is 120 Å². The maximum absolute atomic E-state index is 6.01. The van der Waals surface area contributed by atoms with Crippen molar-refractivity contribution in [1.82, 2.24) is 0 Å².